The van der Waals surface area contributed by atoms with Crippen LogP contribution >= 0.6 is 24.0 Å². The third kappa shape index (κ3) is 8.39. The van der Waals surface area contributed by atoms with E-state index >= 15 is 0 Å². The highest BCUT2D eigenvalue weighted by atomic mass is 127. The number of aryl methyl sites for hydroxylation is 1. The van der Waals surface area contributed by atoms with Crippen LogP contribution in [0.25, 0.3) is 0 Å². The summed E-state index contributed by atoms with van der Waals surface area (Å²) in [6, 6.07) is 14.2. The summed E-state index contributed by atoms with van der Waals surface area (Å²) in [6.07, 6.45) is 2.88. The van der Waals surface area contributed by atoms with Crippen molar-refractivity contribution in [3.63, 3.8) is 0 Å². The minimum atomic E-state index is 0. The van der Waals surface area contributed by atoms with E-state index in [-0.39, 0.29) is 24.0 Å². The van der Waals surface area contributed by atoms with Crippen molar-refractivity contribution in [3.8, 4) is 17.2 Å². The molecule has 0 atom stereocenters. The van der Waals surface area contributed by atoms with Gasteiger partial charge in [-0.2, -0.15) is 0 Å². The number of aliphatic imine (C=N–C) groups is 1. The van der Waals surface area contributed by atoms with Crippen LogP contribution in [-0.4, -0.2) is 47.4 Å². The monoisotopic (exact) mass is 513 g/mol. The third-order valence-corrected chi connectivity index (χ3v) is 4.47. The quantitative estimate of drug-likeness (QED) is 0.220. The van der Waals surface area contributed by atoms with E-state index in [1.165, 1.54) is 11.1 Å². The molecule has 0 heterocycles. The third-order valence-electron chi connectivity index (χ3n) is 4.47. The minimum absolute atomic E-state index is 0. The van der Waals surface area contributed by atoms with E-state index in [2.05, 4.69) is 33.8 Å². The molecule has 0 unspecified atom stereocenters. The van der Waals surface area contributed by atoms with Crippen LogP contribution in [0, 0.1) is 0 Å². The highest BCUT2D eigenvalue weighted by Crippen LogP contribution is 2.27. The maximum absolute atomic E-state index is 5.36. The van der Waals surface area contributed by atoms with Gasteiger partial charge in [0, 0.05) is 20.1 Å². The highest BCUT2D eigenvalue weighted by Gasteiger charge is 2.05. The van der Waals surface area contributed by atoms with Gasteiger partial charge in [-0.25, -0.2) is 0 Å². The highest BCUT2D eigenvalue weighted by molar-refractivity contribution is 14.0. The van der Waals surface area contributed by atoms with Gasteiger partial charge in [0.1, 0.15) is 5.75 Å². The van der Waals surface area contributed by atoms with Crippen LogP contribution in [0.5, 0.6) is 17.2 Å². The molecule has 0 amide bonds. The summed E-state index contributed by atoms with van der Waals surface area (Å²) < 4.78 is 15.8. The molecular weight excluding hydrogens is 481 g/mol. The predicted molar refractivity (Wildman–Crippen MR) is 129 cm³/mol. The van der Waals surface area contributed by atoms with Gasteiger partial charge in [-0.15, -0.1) is 24.0 Å². The first-order valence-electron chi connectivity index (χ1n) is 9.48. The molecule has 2 rings (SSSR count). The van der Waals surface area contributed by atoms with Crippen LogP contribution < -0.4 is 24.8 Å². The van der Waals surface area contributed by atoms with Crippen molar-refractivity contribution in [2.45, 2.75) is 19.3 Å². The van der Waals surface area contributed by atoms with E-state index < -0.39 is 0 Å². The van der Waals surface area contributed by atoms with Gasteiger partial charge in [0.15, 0.2) is 17.5 Å². The fourth-order valence-electron chi connectivity index (χ4n) is 2.87. The SMILES string of the molecule is CN=C(NCCCc1ccc(OC)c(OC)c1)NCCc1ccc(OC)cc1.I. The molecule has 6 nitrogen and oxygen atoms in total. The Morgan fingerprint density at radius 3 is 2.07 bits per heavy atom. The molecule has 160 valence electrons. The molecule has 0 spiro atoms. The Bertz CT molecular complexity index is 751. The lowest BCUT2D eigenvalue weighted by Gasteiger charge is -2.13. The first-order chi connectivity index (χ1) is 13.7. The molecule has 2 aromatic rings. The molecule has 0 aliphatic carbocycles. The van der Waals surface area contributed by atoms with Gasteiger partial charge in [0.25, 0.3) is 0 Å². The Morgan fingerprint density at radius 2 is 1.45 bits per heavy atom. The summed E-state index contributed by atoms with van der Waals surface area (Å²) in [4.78, 5) is 4.28. The molecule has 2 N–H and O–H groups in total. The predicted octanol–water partition coefficient (Wildman–Crippen LogP) is 3.67. The molecular formula is C22H32IN3O3. The van der Waals surface area contributed by atoms with Crippen LogP contribution in [0.3, 0.4) is 0 Å². The number of benzene rings is 2. The minimum Gasteiger partial charge on any atom is -0.497 e. The van der Waals surface area contributed by atoms with Gasteiger partial charge >= 0.3 is 0 Å². The lowest BCUT2D eigenvalue weighted by Crippen LogP contribution is -2.38. The molecule has 2 aromatic carbocycles. The fraction of sp³-hybridized carbons (Fsp3) is 0.409. The van der Waals surface area contributed by atoms with E-state index in [9.17, 15) is 0 Å². The molecule has 0 aromatic heterocycles. The maximum Gasteiger partial charge on any atom is 0.190 e. The number of hydrogen-bond acceptors (Lipinski definition) is 4. The van der Waals surface area contributed by atoms with Gasteiger partial charge in [-0.1, -0.05) is 18.2 Å². The second kappa shape index (κ2) is 13.9. The van der Waals surface area contributed by atoms with Crippen LogP contribution in [0.4, 0.5) is 0 Å². The molecule has 7 heteroatoms. The second-order valence-corrected chi connectivity index (χ2v) is 6.32. The standard InChI is InChI=1S/C22H31N3O3.HI/c1-23-22(25-15-13-17-7-10-19(26-2)11-8-17)24-14-5-6-18-9-12-20(27-3)21(16-18)28-4;/h7-12,16H,5-6,13-15H2,1-4H3,(H2,23,24,25);1H. The van der Waals surface area contributed by atoms with E-state index in [0.29, 0.717) is 0 Å². The average Bonchev–Trinajstić information content (AvgIpc) is 2.75. The summed E-state index contributed by atoms with van der Waals surface area (Å²) in [5.74, 6) is 3.22. The lowest BCUT2D eigenvalue weighted by atomic mass is 10.1. The van der Waals surface area contributed by atoms with Gasteiger partial charge in [-0.3, -0.25) is 4.99 Å². The maximum atomic E-state index is 5.36. The van der Waals surface area contributed by atoms with Gasteiger partial charge in [0.2, 0.25) is 0 Å². The first-order valence-corrected chi connectivity index (χ1v) is 9.48. The molecule has 0 saturated heterocycles. The van der Waals surface area contributed by atoms with Gasteiger partial charge in [-0.05, 0) is 54.7 Å². The number of ether oxygens (including phenoxy) is 3. The van der Waals surface area contributed by atoms with Crippen molar-refractivity contribution in [3.05, 3.63) is 53.6 Å². The number of halogens is 1. The average molecular weight is 513 g/mol. The second-order valence-electron chi connectivity index (χ2n) is 6.32. The van der Waals surface area contributed by atoms with Crippen molar-refractivity contribution >= 4 is 29.9 Å². The fourth-order valence-corrected chi connectivity index (χ4v) is 2.87. The van der Waals surface area contributed by atoms with E-state index in [4.69, 9.17) is 14.2 Å². The van der Waals surface area contributed by atoms with Crippen molar-refractivity contribution in [1.29, 1.82) is 0 Å². The Morgan fingerprint density at radius 1 is 0.793 bits per heavy atom. The zero-order valence-electron chi connectivity index (χ0n) is 17.7. The largest absolute Gasteiger partial charge is 0.497 e. The number of methoxy groups -OCH3 is 3. The van der Waals surface area contributed by atoms with Crippen LogP contribution in [0.1, 0.15) is 17.5 Å². The Hall–Kier alpha value is -2.16. The van der Waals surface area contributed by atoms with E-state index in [1.807, 2.05) is 24.3 Å². The van der Waals surface area contributed by atoms with Crippen molar-refractivity contribution in [2.75, 3.05) is 41.5 Å². The van der Waals surface area contributed by atoms with Crippen LogP contribution in [0.2, 0.25) is 0 Å². The van der Waals surface area contributed by atoms with E-state index in [1.54, 1.807) is 28.4 Å². The molecule has 0 radical (unpaired) electrons. The van der Waals surface area contributed by atoms with Crippen molar-refractivity contribution < 1.29 is 14.2 Å². The normalized spacial score (nSPS) is 10.7. The Labute approximate surface area is 191 Å². The van der Waals surface area contributed by atoms with Crippen molar-refractivity contribution in [1.82, 2.24) is 10.6 Å². The molecule has 0 bridgehead atoms. The first kappa shape index (κ1) is 24.9. The van der Waals surface area contributed by atoms with E-state index in [0.717, 1.165) is 55.6 Å². The summed E-state index contributed by atoms with van der Waals surface area (Å²) in [5.41, 5.74) is 2.49. The smallest absolute Gasteiger partial charge is 0.190 e. The summed E-state index contributed by atoms with van der Waals surface area (Å²) in [6.45, 7) is 1.66. The zero-order chi connectivity index (χ0) is 20.2. The molecule has 29 heavy (non-hydrogen) atoms. The molecule has 0 saturated carbocycles. The lowest BCUT2D eigenvalue weighted by molar-refractivity contribution is 0.354. The van der Waals surface area contributed by atoms with Crippen LogP contribution in [0.15, 0.2) is 47.5 Å². The summed E-state index contributed by atoms with van der Waals surface area (Å²) in [5, 5.41) is 6.71. The van der Waals surface area contributed by atoms with Crippen molar-refractivity contribution in [2.24, 2.45) is 4.99 Å². The molecule has 0 aliphatic heterocycles. The van der Waals surface area contributed by atoms with Gasteiger partial charge in [0.05, 0.1) is 21.3 Å². The number of hydrogen-bond donors (Lipinski definition) is 2. The molecule has 0 fully saturated rings. The number of nitrogens with one attached hydrogen (secondary N) is 2. The van der Waals surface area contributed by atoms with Crippen LogP contribution in [-0.2, 0) is 12.8 Å². The topological polar surface area (TPSA) is 64.1 Å². The zero-order valence-corrected chi connectivity index (χ0v) is 20.0. The summed E-state index contributed by atoms with van der Waals surface area (Å²) in [7, 11) is 6.77. The summed E-state index contributed by atoms with van der Waals surface area (Å²) >= 11 is 0. The Balaban J connectivity index is 0.00000420. The number of rotatable bonds is 10. The number of guanidine groups is 1. The Kier molecular flexibility index (Phi) is 11.9. The number of nitrogens with zero attached hydrogens (tertiary/aromatic N) is 1. The molecule has 0 aliphatic rings. The van der Waals surface area contributed by atoms with Gasteiger partial charge < -0.3 is 24.8 Å².